The summed E-state index contributed by atoms with van der Waals surface area (Å²) in [6.07, 6.45) is -2.68. The number of nitrogens with zero attached hydrogens (tertiary/aromatic N) is 2. The Balaban J connectivity index is 1.88. The Morgan fingerprint density at radius 2 is 2.00 bits per heavy atom. The zero-order valence-corrected chi connectivity index (χ0v) is 19.1. The lowest BCUT2D eigenvalue weighted by Crippen LogP contribution is -2.49. The van der Waals surface area contributed by atoms with Crippen LogP contribution in [0.1, 0.15) is 43.5 Å². The Morgan fingerprint density at radius 3 is 2.50 bits per heavy atom. The molecule has 0 amide bonds. The highest BCUT2D eigenvalue weighted by molar-refractivity contribution is 7.92. The molecule has 11 heteroatoms. The molecule has 1 fully saturated rings. The van der Waals surface area contributed by atoms with Gasteiger partial charge >= 0.3 is 6.18 Å². The van der Waals surface area contributed by atoms with Crippen LogP contribution >= 0.6 is 0 Å². The summed E-state index contributed by atoms with van der Waals surface area (Å²) in [6, 6.07) is 4.80. The van der Waals surface area contributed by atoms with Gasteiger partial charge in [-0.05, 0) is 51.0 Å². The van der Waals surface area contributed by atoms with Gasteiger partial charge in [0.25, 0.3) is 0 Å². The number of aromatic nitrogens is 2. The van der Waals surface area contributed by atoms with Crippen LogP contribution in [-0.2, 0) is 36.8 Å². The summed E-state index contributed by atoms with van der Waals surface area (Å²) < 4.78 is 78.9. The fourth-order valence-corrected chi connectivity index (χ4v) is 5.75. The fourth-order valence-electron chi connectivity index (χ4n) is 3.91. The maximum Gasteiger partial charge on any atom is 0.416 e. The molecule has 1 saturated heterocycles. The minimum atomic E-state index is -4.65. The van der Waals surface area contributed by atoms with E-state index < -0.39 is 38.2 Å². The van der Waals surface area contributed by atoms with E-state index in [4.69, 9.17) is 9.47 Å². The first-order chi connectivity index (χ1) is 14.7. The molecular weight excluding hydrogens is 449 g/mol. The molecule has 32 heavy (non-hydrogen) atoms. The highest BCUT2D eigenvalue weighted by Crippen LogP contribution is 2.38. The summed E-state index contributed by atoms with van der Waals surface area (Å²) in [6.45, 7) is 4.18. The first kappa shape index (κ1) is 24.7. The van der Waals surface area contributed by atoms with Crippen LogP contribution in [0.15, 0.2) is 35.4 Å². The van der Waals surface area contributed by atoms with Crippen molar-refractivity contribution in [2.75, 3.05) is 20.3 Å². The van der Waals surface area contributed by atoms with Crippen molar-refractivity contribution in [1.82, 2.24) is 9.78 Å². The summed E-state index contributed by atoms with van der Waals surface area (Å²) >= 11 is 0. The largest absolute Gasteiger partial charge is 0.416 e. The summed E-state index contributed by atoms with van der Waals surface area (Å²) in [7, 11) is -2.60. The van der Waals surface area contributed by atoms with Gasteiger partial charge in [0.05, 0.1) is 34.6 Å². The van der Waals surface area contributed by atoms with Crippen molar-refractivity contribution >= 4 is 9.84 Å². The summed E-state index contributed by atoms with van der Waals surface area (Å²) in [5.74, 6) is 0. The molecule has 1 aromatic heterocycles. The maximum absolute atomic E-state index is 13.3. The standard InChI is InChI=1S/C21H27F3N2O5S/c1-14-16(21(22,23)24)6-5-7-17(14)32(28,29)15-8-10-20(13-30-4,31-12-15)26-11-9-18(25-26)19(2,3)27/h5-7,9,11,15,27H,8,10,12-13H2,1-4H3. The quantitative estimate of drug-likeness (QED) is 0.688. The lowest BCUT2D eigenvalue weighted by molar-refractivity contribution is -0.175. The number of aliphatic hydroxyl groups is 1. The third-order valence-corrected chi connectivity index (χ3v) is 8.04. The molecule has 2 atom stereocenters. The van der Waals surface area contributed by atoms with Gasteiger partial charge in [0.2, 0.25) is 0 Å². The zero-order chi connectivity index (χ0) is 23.9. The normalized spacial score (nSPS) is 22.8. The highest BCUT2D eigenvalue weighted by Gasteiger charge is 2.44. The van der Waals surface area contributed by atoms with Gasteiger partial charge in [-0.2, -0.15) is 18.3 Å². The molecule has 7 nitrogen and oxygen atoms in total. The second kappa shape index (κ2) is 8.44. The number of hydrogen-bond acceptors (Lipinski definition) is 6. The Hall–Kier alpha value is -1.95. The smallest absolute Gasteiger partial charge is 0.384 e. The Kier molecular flexibility index (Phi) is 6.51. The lowest BCUT2D eigenvalue weighted by atomic mass is 10.0. The molecule has 2 unspecified atom stereocenters. The van der Waals surface area contributed by atoms with E-state index in [1.54, 1.807) is 26.1 Å². The van der Waals surface area contributed by atoms with Gasteiger partial charge in [-0.15, -0.1) is 0 Å². The van der Waals surface area contributed by atoms with Gasteiger partial charge in [-0.3, -0.25) is 0 Å². The van der Waals surface area contributed by atoms with Crippen LogP contribution in [0.3, 0.4) is 0 Å². The second-order valence-corrected chi connectivity index (χ2v) is 10.7. The molecule has 1 aromatic carbocycles. The molecule has 0 spiro atoms. The van der Waals surface area contributed by atoms with Crippen molar-refractivity contribution in [1.29, 1.82) is 0 Å². The molecule has 3 rings (SSSR count). The number of methoxy groups -OCH3 is 1. The third-order valence-electron chi connectivity index (χ3n) is 5.73. The third kappa shape index (κ3) is 4.57. The van der Waals surface area contributed by atoms with Gasteiger partial charge in [0.15, 0.2) is 15.6 Å². The van der Waals surface area contributed by atoms with Gasteiger partial charge in [0, 0.05) is 19.7 Å². The Bertz CT molecular complexity index is 1070. The molecule has 1 N–H and O–H groups in total. The average molecular weight is 477 g/mol. The van der Waals surface area contributed by atoms with Crippen LogP contribution < -0.4 is 0 Å². The SMILES string of the molecule is COCC1(n2ccc(C(C)(C)O)n2)CCC(S(=O)(=O)c2cccc(C(F)(F)F)c2C)CO1. The molecule has 2 aromatic rings. The summed E-state index contributed by atoms with van der Waals surface area (Å²) in [4.78, 5) is -0.344. The van der Waals surface area contributed by atoms with Gasteiger partial charge in [-0.25, -0.2) is 13.1 Å². The number of benzene rings is 1. The van der Waals surface area contributed by atoms with E-state index in [0.29, 0.717) is 5.69 Å². The number of sulfone groups is 1. The van der Waals surface area contributed by atoms with Crippen molar-refractivity contribution < 1.29 is 36.2 Å². The van der Waals surface area contributed by atoms with Crippen molar-refractivity contribution in [3.05, 3.63) is 47.3 Å². The molecule has 2 heterocycles. The molecule has 178 valence electrons. The monoisotopic (exact) mass is 476 g/mol. The minimum absolute atomic E-state index is 0.0787. The van der Waals surface area contributed by atoms with E-state index in [1.807, 2.05) is 0 Å². The van der Waals surface area contributed by atoms with E-state index in [0.717, 1.165) is 19.1 Å². The van der Waals surface area contributed by atoms with E-state index in [1.165, 1.54) is 17.9 Å². The van der Waals surface area contributed by atoms with Crippen molar-refractivity contribution in [3.8, 4) is 0 Å². The predicted molar refractivity (Wildman–Crippen MR) is 110 cm³/mol. The van der Waals surface area contributed by atoms with Crippen LogP contribution in [0.25, 0.3) is 0 Å². The van der Waals surface area contributed by atoms with Crippen molar-refractivity contribution in [2.45, 2.75) is 61.3 Å². The van der Waals surface area contributed by atoms with Crippen LogP contribution in [0.4, 0.5) is 13.2 Å². The molecule has 0 aliphatic carbocycles. The van der Waals surface area contributed by atoms with Gasteiger partial charge < -0.3 is 14.6 Å². The number of rotatable bonds is 6. The van der Waals surface area contributed by atoms with Crippen LogP contribution in [0.5, 0.6) is 0 Å². The summed E-state index contributed by atoms with van der Waals surface area (Å²) in [5.41, 5.74) is -3.16. The van der Waals surface area contributed by atoms with E-state index >= 15 is 0 Å². The number of ether oxygens (including phenoxy) is 2. The van der Waals surface area contributed by atoms with Crippen LogP contribution in [-0.4, -0.2) is 48.9 Å². The molecule has 0 radical (unpaired) electrons. The van der Waals surface area contributed by atoms with E-state index in [-0.39, 0.29) is 36.5 Å². The Labute approximate surface area is 185 Å². The van der Waals surface area contributed by atoms with E-state index in [2.05, 4.69) is 5.10 Å². The van der Waals surface area contributed by atoms with Gasteiger partial charge in [-0.1, -0.05) is 6.07 Å². The van der Waals surface area contributed by atoms with E-state index in [9.17, 15) is 26.7 Å². The van der Waals surface area contributed by atoms with Crippen LogP contribution in [0, 0.1) is 6.92 Å². The highest BCUT2D eigenvalue weighted by atomic mass is 32.2. The predicted octanol–water partition coefficient (Wildman–Crippen LogP) is 3.39. The second-order valence-electron chi connectivity index (χ2n) is 8.53. The molecule has 1 aliphatic heterocycles. The summed E-state index contributed by atoms with van der Waals surface area (Å²) in [5, 5.41) is 13.6. The van der Waals surface area contributed by atoms with Crippen LogP contribution in [0.2, 0.25) is 0 Å². The lowest BCUT2D eigenvalue weighted by Gasteiger charge is -2.39. The molecule has 0 bridgehead atoms. The van der Waals surface area contributed by atoms with Crippen molar-refractivity contribution in [2.24, 2.45) is 0 Å². The fraction of sp³-hybridized carbons (Fsp3) is 0.571. The topological polar surface area (TPSA) is 90.6 Å². The number of hydrogen-bond donors (Lipinski definition) is 1. The first-order valence-corrected chi connectivity index (χ1v) is 11.6. The minimum Gasteiger partial charge on any atom is -0.384 e. The average Bonchev–Trinajstić information content (AvgIpc) is 3.19. The Morgan fingerprint density at radius 1 is 1.31 bits per heavy atom. The number of halogens is 3. The first-order valence-electron chi connectivity index (χ1n) is 10.0. The maximum atomic E-state index is 13.3. The molecular formula is C21H27F3N2O5S. The zero-order valence-electron chi connectivity index (χ0n) is 18.3. The molecule has 0 saturated carbocycles. The van der Waals surface area contributed by atoms with Crippen molar-refractivity contribution in [3.63, 3.8) is 0 Å². The van der Waals surface area contributed by atoms with Gasteiger partial charge in [0.1, 0.15) is 5.60 Å². The number of alkyl halides is 3. The molecule has 1 aliphatic rings.